The van der Waals surface area contributed by atoms with Gasteiger partial charge in [0.1, 0.15) is 5.54 Å². The van der Waals surface area contributed by atoms with E-state index in [0.717, 1.165) is 22.5 Å². The first-order chi connectivity index (χ1) is 8.11. The fourth-order valence-electron chi connectivity index (χ4n) is 2.25. The van der Waals surface area contributed by atoms with Gasteiger partial charge in [0.05, 0.1) is 6.07 Å². The summed E-state index contributed by atoms with van der Waals surface area (Å²) in [4.78, 5) is 0. The Bertz CT molecular complexity index is 417. The van der Waals surface area contributed by atoms with Crippen LogP contribution in [0.2, 0.25) is 0 Å². The molecule has 1 saturated carbocycles. The summed E-state index contributed by atoms with van der Waals surface area (Å²) < 4.78 is 1.06. The second-order valence-corrected chi connectivity index (χ2v) is 5.99. The van der Waals surface area contributed by atoms with Gasteiger partial charge >= 0.3 is 0 Å². The first kappa shape index (κ1) is 12.4. The molecule has 0 bridgehead atoms. The van der Waals surface area contributed by atoms with E-state index in [9.17, 15) is 5.26 Å². The van der Waals surface area contributed by atoms with E-state index in [4.69, 9.17) is 0 Å². The zero-order valence-corrected chi connectivity index (χ0v) is 11.6. The molecule has 2 rings (SSSR count). The van der Waals surface area contributed by atoms with Crippen molar-refractivity contribution < 1.29 is 0 Å². The molecule has 1 aliphatic carbocycles. The number of benzene rings is 1. The topological polar surface area (TPSA) is 35.8 Å². The number of halogens is 1. The smallest absolute Gasteiger partial charge is 0.122 e. The van der Waals surface area contributed by atoms with Crippen molar-refractivity contribution in [2.24, 2.45) is 5.92 Å². The molecular formula is C14H17BrN2. The number of rotatable bonds is 4. The summed E-state index contributed by atoms with van der Waals surface area (Å²) in [5.41, 5.74) is 0.565. The van der Waals surface area contributed by atoms with Crippen LogP contribution in [0.5, 0.6) is 0 Å². The van der Waals surface area contributed by atoms with Gasteiger partial charge in [0.25, 0.3) is 0 Å². The highest BCUT2D eigenvalue weighted by Gasteiger charge is 2.30. The third kappa shape index (κ3) is 3.23. The highest BCUT2D eigenvalue weighted by atomic mass is 79.9. The standard InChI is InChI=1S/C14H17BrN2/c1-14(10-16,9-11-3-2-4-11)17-13-7-5-12(15)6-8-13/h5-8,11,17H,2-4,9H2,1H3. The van der Waals surface area contributed by atoms with Gasteiger partial charge in [-0.1, -0.05) is 35.2 Å². The quantitative estimate of drug-likeness (QED) is 0.896. The van der Waals surface area contributed by atoms with Crippen LogP contribution in [-0.4, -0.2) is 5.54 Å². The van der Waals surface area contributed by atoms with E-state index in [0.29, 0.717) is 0 Å². The number of hydrogen-bond donors (Lipinski definition) is 1. The predicted molar refractivity (Wildman–Crippen MR) is 73.7 cm³/mol. The average molecular weight is 293 g/mol. The van der Waals surface area contributed by atoms with Crippen LogP contribution in [0.15, 0.2) is 28.7 Å². The Morgan fingerprint density at radius 3 is 2.53 bits per heavy atom. The van der Waals surface area contributed by atoms with Gasteiger partial charge in [-0.15, -0.1) is 0 Å². The van der Waals surface area contributed by atoms with Crippen molar-refractivity contribution in [2.75, 3.05) is 5.32 Å². The Morgan fingerprint density at radius 1 is 1.41 bits per heavy atom. The average Bonchev–Trinajstić information content (AvgIpc) is 2.27. The van der Waals surface area contributed by atoms with E-state index in [1.807, 2.05) is 31.2 Å². The Balaban J connectivity index is 2.02. The molecule has 17 heavy (non-hydrogen) atoms. The fourth-order valence-corrected chi connectivity index (χ4v) is 2.52. The molecule has 1 atom stereocenters. The predicted octanol–water partition coefficient (Wildman–Crippen LogP) is 4.33. The Labute approximate surface area is 111 Å². The van der Waals surface area contributed by atoms with Crippen LogP contribution in [-0.2, 0) is 0 Å². The summed E-state index contributed by atoms with van der Waals surface area (Å²) in [6.45, 7) is 1.99. The van der Waals surface area contributed by atoms with Crippen LogP contribution in [0.1, 0.15) is 32.6 Å². The van der Waals surface area contributed by atoms with Gasteiger partial charge in [-0.2, -0.15) is 5.26 Å². The zero-order valence-electron chi connectivity index (χ0n) is 10.0. The molecule has 0 saturated heterocycles. The molecule has 0 radical (unpaired) electrons. The molecule has 0 amide bonds. The van der Waals surface area contributed by atoms with E-state index in [-0.39, 0.29) is 0 Å². The van der Waals surface area contributed by atoms with Gasteiger partial charge in [-0.3, -0.25) is 0 Å². The third-order valence-electron chi connectivity index (χ3n) is 3.43. The van der Waals surface area contributed by atoms with Crippen LogP contribution in [0.4, 0.5) is 5.69 Å². The van der Waals surface area contributed by atoms with Crippen LogP contribution >= 0.6 is 15.9 Å². The Kier molecular flexibility index (Phi) is 3.73. The molecule has 0 heterocycles. The lowest BCUT2D eigenvalue weighted by molar-refractivity contribution is 0.267. The normalized spacial score (nSPS) is 18.9. The summed E-state index contributed by atoms with van der Waals surface area (Å²) in [6.07, 6.45) is 4.82. The van der Waals surface area contributed by atoms with Gasteiger partial charge in [0, 0.05) is 10.2 Å². The minimum absolute atomic E-state index is 0.446. The lowest BCUT2D eigenvalue weighted by Crippen LogP contribution is -2.36. The summed E-state index contributed by atoms with van der Waals surface area (Å²) in [7, 11) is 0. The second-order valence-electron chi connectivity index (χ2n) is 5.08. The van der Waals surface area contributed by atoms with E-state index in [1.54, 1.807) is 0 Å². The summed E-state index contributed by atoms with van der Waals surface area (Å²) in [5.74, 6) is 0.725. The molecule has 0 spiro atoms. The Hall–Kier alpha value is -1.01. The van der Waals surface area contributed by atoms with E-state index < -0.39 is 5.54 Å². The van der Waals surface area contributed by atoms with Gasteiger partial charge in [0.15, 0.2) is 0 Å². The highest BCUT2D eigenvalue weighted by molar-refractivity contribution is 9.10. The minimum Gasteiger partial charge on any atom is -0.368 e. The van der Waals surface area contributed by atoms with Crippen LogP contribution in [0.25, 0.3) is 0 Å². The van der Waals surface area contributed by atoms with Crippen LogP contribution in [0, 0.1) is 17.2 Å². The van der Waals surface area contributed by atoms with E-state index in [1.165, 1.54) is 19.3 Å². The largest absolute Gasteiger partial charge is 0.368 e. The SMILES string of the molecule is CC(C#N)(CC1CCC1)Nc1ccc(Br)cc1. The van der Waals surface area contributed by atoms with Crippen molar-refractivity contribution in [3.8, 4) is 6.07 Å². The summed E-state index contributed by atoms with van der Waals surface area (Å²) in [6, 6.07) is 10.4. The molecule has 0 aliphatic heterocycles. The van der Waals surface area contributed by atoms with E-state index in [2.05, 4.69) is 27.3 Å². The number of anilines is 1. The highest BCUT2D eigenvalue weighted by Crippen LogP contribution is 2.34. The van der Waals surface area contributed by atoms with Crippen molar-refractivity contribution >= 4 is 21.6 Å². The molecule has 2 nitrogen and oxygen atoms in total. The number of hydrogen-bond acceptors (Lipinski definition) is 2. The van der Waals surface area contributed by atoms with E-state index >= 15 is 0 Å². The second kappa shape index (κ2) is 5.10. The lowest BCUT2D eigenvalue weighted by atomic mass is 9.77. The molecule has 1 unspecified atom stereocenters. The first-order valence-electron chi connectivity index (χ1n) is 6.06. The van der Waals surface area contributed by atoms with Gasteiger partial charge in [0.2, 0.25) is 0 Å². The van der Waals surface area contributed by atoms with Gasteiger partial charge in [-0.05, 0) is 43.5 Å². The fraction of sp³-hybridized carbons (Fsp3) is 0.500. The molecule has 90 valence electrons. The minimum atomic E-state index is -0.446. The van der Waals surface area contributed by atoms with Crippen molar-refractivity contribution in [3.05, 3.63) is 28.7 Å². The molecule has 0 aromatic heterocycles. The molecular weight excluding hydrogens is 276 g/mol. The number of nitrogens with zero attached hydrogens (tertiary/aromatic N) is 1. The third-order valence-corrected chi connectivity index (χ3v) is 3.96. The zero-order chi connectivity index (χ0) is 12.3. The molecule has 3 heteroatoms. The molecule has 1 aromatic carbocycles. The molecule has 1 N–H and O–H groups in total. The molecule has 1 fully saturated rings. The Morgan fingerprint density at radius 2 is 2.06 bits per heavy atom. The number of nitrogens with one attached hydrogen (secondary N) is 1. The first-order valence-corrected chi connectivity index (χ1v) is 6.86. The maximum absolute atomic E-state index is 9.35. The molecule has 1 aliphatic rings. The molecule has 1 aromatic rings. The maximum atomic E-state index is 9.35. The summed E-state index contributed by atoms with van der Waals surface area (Å²) >= 11 is 3.41. The van der Waals surface area contributed by atoms with Crippen molar-refractivity contribution in [2.45, 2.75) is 38.1 Å². The van der Waals surface area contributed by atoms with Crippen molar-refractivity contribution in [3.63, 3.8) is 0 Å². The lowest BCUT2D eigenvalue weighted by Gasteiger charge is -2.33. The van der Waals surface area contributed by atoms with Gasteiger partial charge in [-0.25, -0.2) is 0 Å². The maximum Gasteiger partial charge on any atom is 0.122 e. The van der Waals surface area contributed by atoms with Gasteiger partial charge < -0.3 is 5.32 Å². The van der Waals surface area contributed by atoms with Crippen LogP contribution < -0.4 is 5.32 Å². The van der Waals surface area contributed by atoms with Crippen LogP contribution in [0.3, 0.4) is 0 Å². The number of nitriles is 1. The van der Waals surface area contributed by atoms with Crippen molar-refractivity contribution in [1.82, 2.24) is 0 Å². The monoisotopic (exact) mass is 292 g/mol. The van der Waals surface area contributed by atoms with Crippen molar-refractivity contribution in [1.29, 1.82) is 5.26 Å². The summed E-state index contributed by atoms with van der Waals surface area (Å²) in [5, 5.41) is 12.7.